The number of ketones is 1. The number of aromatic nitrogens is 2. The molecule has 0 radical (unpaired) electrons. The summed E-state index contributed by atoms with van der Waals surface area (Å²) in [6.45, 7) is 9.53. The van der Waals surface area contributed by atoms with Gasteiger partial charge in [0.05, 0.1) is 32.1 Å². The van der Waals surface area contributed by atoms with Gasteiger partial charge in [-0.3, -0.25) is 9.69 Å². The Morgan fingerprint density at radius 1 is 0.969 bits per heavy atom. The van der Waals surface area contributed by atoms with E-state index in [0.29, 0.717) is 43.8 Å². The molecule has 0 atom stereocenters. The number of carbonyl (C=O) groups excluding carboxylic acids is 1. The van der Waals surface area contributed by atoms with Gasteiger partial charge in [-0.15, -0.1) is 0 Å². The number of hydrogen-bond acceptors (Lipinski definition) is 8. The van der Waals surface area contributed by atoms with Crippen LogP contribution >= 0.6 is 0 Å². The van der Waals surface area contributed by atoms with Gasteiger partial charge in [0, 0.05) is 51.6 Å². The summed E-state index contributed by atoms with van der Waals surface area (Å²) in [7, 11) is 0. The van der Waals surface area contributed by atoms with Crippen LogP contribution in [0.1, 0.15) is 16.8 Å². The van der Waals surface area contributed by atoms with Crippen molar-refractivity contribution in [1.29, 1.82) is 0 Å². The van der Waals surface area contributed by atoms with E-state index < -0.39 is 0 Å². The van der Waals surface area contributed by atoms with Crippen LogP contribution in [0.3, 0.4) is 0 Å². The zero-order valence-corrected chi connectivity index (χ0v) is 18.8. The van der Waals surface area contributed by atoms with Crippen molar-refractivity contribution in [2.45, 2.75) is 19.8 Å². The highest BCUT2D eigenvalue weighted by Gasteiger charge is 2.18. The number of rotatable bonds is 9. The minimum absolute atomic E-state index is 0.125. The topological polar surface area (TPSA) is 77.0 Å². The summed E-state index contributed by atoms with van der Waals surface area (Å²) in [4.78, 5) is 26.4. The monoisotopic (exact) mass is 440 g/mol. The fraction of sp³-hybridized carbons (Fsp3) is 0.542. The van der Waals surface area contributed by atoms with Gasteiger partial charge in [-0.25, -0.2) is 4.98 Å². The molecule has 2 aliphatic rings. The Balaban J connectivity index is 1.42. The van der Waals surface area contributed by atoms with Crippen molar-refractivity contribution in [3.8, 4) is 5.88 Å². The molecule has 0 bridgehead atoms. The number of Topliss-reactive ketones (excluding diaryl/α,β-unsaturated/α-hetero) is 1. The van der Waals surface area contributed by atoms with Crippen molar-refractivity contribution >= 4 is 11.7 Å². The van der Waals surface area contributed by atoms with Crippen LogP contribution < -0.4 is 9.64 Å². The summed E-state index contributed by atoms with van der Waals surface area (Å²) in [5.74, 6) is 1.25. The Hall–Kier alpha value is -2.55. The second-order valence-electron chi connectivity index (χ2n) is 8.28. The lowest BCUT2D eigenvalue weighted by Gasteiger charge is -2.28. The van der Waals surface area contributed by atoms with E-state index in [9.17, 15) is 4.79 Å². The Morgan fingerprint density at radius 2 is 1.66 bits per heavy atom. The van der Waals surface area contributed by atoms with Gasteiger partial charge in [-0.2, -0.15) is 4.98 Å². The van der Waals surface area contributed by atoms with Crippen LogP contribution in [0, 0.1) is 6.92 Å². The highest BCUT2D eigenvalue weighted by molar-refractivity contribution is 5.82. The lowest BCUT2D eigenvalue weighted by Crippen LogP contribution is -2.39. The first kappa shape index (κ1) is 22.6. The summed E-state index contributed by atoms with van der Waals surface area (Å²) >= 11 is 0. The number of morpholine rings is 2. The minimum atomic E-state index is 0.125. The van der Waals surface area contributed by atoms with Crippen LogP contribution in [0.5, 0.6) is 5.88 Å². The van der Waals surface area contributed by atoms with E-state index in [0.717, 1.165) is 51.5 Å². The third-order valence-electron chi connectivity index (χ3n) is 5.70. The van der Waals surface area contributed by atoms with Crippen molar-refractivity contribution in [3.63, 3.8) is 0 Å². The first-order valence-electron chi connectivity index (χ1n) is 11.4. The van der Waals surface area contributed by atoms with E-state index in [-0.39, 0.29) is 12.2 Å². The van der Waals surface area contributed by atoms with E-state index in [4.69, 9.17) is 14.2 Å². The highest BCUT2D eigenvalue weighted by Crippen LogP contribution is 2.18. The van der Waals surface area contributed by atoms with Crippen LogP contribution in [-0.4, -0.2) is 86.4 Å². The molecule has 8 heteroatoms. The van der Waals surface area contributed by atoms with Crippen LogP contribution in [0.2, 0.25) is 0 Å². The molecule has 2 fully saturated rings. The molecule has 2 aliphatic heterocycles. The Morgan fingerprint density at radius 3 is 2.38 bits per heavy atom. The summed E-state index contributed by atoms with van der Waals surface area (Å²) in [6.07, 6.45) is 0.651. The Kier molecular flexibility index (Phi) is 8.03. The predicted octanol–water partition coefficient (Wildman–Crippen LogP) is 1.69. The molecule has 1 aromatic heterocycles. The van der Waals surface area contributed by atoms with Gasteiger partial charge < -0.3 is 19.1 Å². The predicted molar refractivity (Wildman–Crippen MR) is 121 cm³/mol. The highest BCUT2D eigenvalue weighted by atomic mass is 16.5. The lowest BCUT2D eigenvalue weighted by atomic mass is 10.0. The maximum Gasteiger partial charge on any atom is 0.229 e. The van der Waals surface area contributed by atoms with Gasteiger partial charge in [0.25, 0.3) is 0 Å². The fourth-order valence-corrected chi connectivity index (χ4v) is 3.83. The Labute approximate surface area is 189 Å². The number of aryl methyl sites for hydroxylation is 1. The molecule has 0 saturated carbocycles. The standard InChI is InChI=1S/C24H32N4O4/c1-19-2-4-20(5-3-19)16-22(29)17-21-18-23(32-15-8-27-6-11-30-12-7-27)26-24(25-21)28-9-13-31-14-10-28/h2-5,18H,6-17H2,1H3. The maximum atomic E-state index is 12.7. The molecule has 32 heavy (non-hydrogen) atoms. The van der Waals surface area contributed by atoms with E-state index in [2.05, 4.69) is 19.8 Å². The molecule has 2 aromatic rings. The molecule has 0 N–H and O–H groups in total. The number of anilines is 1. The molecule has 8 nitrogen and oxygen atoms in total. The van der Waals surface area contributed by atoms with Crippen LogP contribution in [-0.2, 0) is 27.1 Å². The summed E-state index contributed by atoms with van der Waals surface area (Å²) in [5, 5.41) is 0. The quantitative estimate of drug-likeness (QED) is 0.583. The largest absolute Gasteiger partial charge is 0.476 e. The minimum Gasteiger partial charge on any atom is -0.476 e. The molecular weight excluding hydrogens is 408 g/mol. The van der Waals surface area contributed by atoms with Gasteiger partial charge in [0.2, 0.25) is 11.8 Å². The van der Waals surface area contributed by atoms with Gasteiger partial charge in [0.15, 0.2) is 0 Å². The van der Waals surface area contributed by atoms with Gasteiger partial charge in [-0.1, -0.05) is 29.8 Å². The lowest BCUT2D eigenvalue weighted by molar-refractivity contribution is -0.117. The van der Waals surface area contributed by atoms with E-state index >= 15 is 0 Å². The third-order valence-corrected chi connectivity index (χ3v) is 5.70. The van der Waals surface area contributed by atoms with Crippen molar-refractivity contribution in [2.24, 2.45) is 0 Å². The number of carbonyl (C=O) groups is 1. The maximum absolute atomic E-state index is 12.7. The SMILES string of the molecule is Cc1ccc(CC(=O)Cc2cc(OCCN3CCOCC3)nc(N3CCOCC3)n2)cc1. The number of ether oxygens (including phenoxy) is 3. The van der Waals surface area contributed by atoms with Crippen molar-refractivity contribution < 1.29 is 19.0 Å². The molecule has 0 unspecified atom stereocenters. The molecule has 2 saturated heterocycles. The molecule has 4 rings (SSSR count). The first-order chi connectivity index (χ1) is 15.7. The average molecular weight is 441 g/mol. The Bertz CT molecular complexity index is 878. The second kappa shape index (κ2) is 11.4. The van der Waals surface area contributed by atoms with Gasteiger partial charge in [-0.05, 0) is 12.5 Å². The molecule has 0 spiro atoms. The number of benzene rings is 1. The van der Waals surface area contributed by atoms with Gasteiger partial charge in [0.1, 0.15) is 12.4 Å². The van der Waals surface area contributed by atoms with Crippen molar-refractivity contribution in [1.82, 2.24) is 14.9 Å². The van der Waals surface area contributed by atoms with Crippen molar-refractivity contribution in [3.05, 3.63) is 47.2 Å². The fourth-order valence-electron chi connectivity index (χ4n) is 3.83. The number of hydrogen-bond donors (Lipinski definition) is 0. The summed E-state index contributed by atoms with van der Waals surface area (Å²) < 4.78 is 16.8. The van der Waals surface area contributed by atoms with E-state index in [1.807, 2.05) is 31.2 Å². The molecule has 172 valence electrons. The van der Waals surface area contributed by atoms with Crippen LogP contribution in [0.15, 0.2) is 30.3 Å². The van der Waals surface area contributed by atoms with E-state index in [1.54, 1.807) is 6.07 Å². The number of nitrogens with zero attached hydrogens (tertiary/aromatic N) is 4. The molecular formula is C24H32N4O4. The summed E-state index contributed by atoms with van der Waals surface area (Å²) in [5.41, 5.74) is 2.90. The zero-order chi connectivity index (χ0) is 22.2. The van der Waals surface area contributed by atoms with Crippen LogP contribution in [0.4, 0.5) is 5.95 Å². The first-order valence-corrected chi connectivity index (χ1v) is 11.4. The normalized spacial score (nSPS) is 17.3. The third kappa shape index (κ3) is 6.72. The molecule has 0 aliphatic carbocycles. The van der Waals surface area contributed by atoms with E-state index in [1.165, 1.54) is 5.56 Å². The second-order valence-corrected chi connectivity index (χ2v) is 8.28. The molecule has 0 amide bonds. The zero-order valence-electron chi connectivity index (χ0n) is 18.8. The summed E-state index contributed by atoms with van der Waals surface area (Å²) in [6, 6.07) is 9.88. The molecule has 3 heterocycles. The van der Waals surface area contributed by atoms with Crippen LogP contribution in [0.25, 0.3) is 0 Å². The average Bonchev–Trinajstić information content (AvgIpc) is 2.82. The van der Waals surface area contributed by atoms with Crippen molar-refractivity contribution in [2.75, 3.05) is 70.7 Å². The molecule has 1 aromatic carbocycles. The van der Waals surface area contributed by atoms with Gasteiger partial charge >= 0.3 is 0 Å². The smallest absolute Gasteiger partial charge is 0.229 e.